The molecule has 9 heteroatoms. The van der Waals surface area contributed by atoms with E-state index in [1.807, 2.05) is 31.2 Å². The van der Waals surface area contributed by atoms with E-state index < -0.39 is 10.8 Å². The Labute approximate surface area is 169 Å². The maximum atomic E-state index is 12.4. The van der Waals surface area contributed by atoms with E-state index in [1.54, 1.807) is 17.8 Å². The highest BCUT2D eigenvalue weighted by atomic mass is 79.9. The number of rotatable bonds is 6. The zero-order valence-electron chi connectivity index (χ0n) is 15.2. The van der Waals surface area contributed by atoms with Gasteiger partial charge in [0.25, 0.3) is 11.6 Å². The first-order valence-corrected chi connectivity index (χ1v) is 9.11. The molecule has 1 N–H and O–H groups in total. The second kappa shape index (κ2) is 8.22. The van der Waals surface area contributed by atoms with E-state index in [4.69, 9.17) is 4.74 Å². The van der Waals surface area contributed by atoms with Crippen molar-refractivity contribution in [2.24, 2.45) is 7.05 Å². The van der Waals surface area contributed by atoms with Gasteiger partial charge in [0, 0.05) is 23.2 Å². The second-order valence-electron chi connectivity index (χ2n) is 6.03. The first-order valence-electron chi connectivity index (χ1n) is 8.32. The Bertz CT molecular complexity index is 1030. The lowest BCUT2D eigenvalue weighted by Gasteiger charge is -2.10. The molecule has 0 fully saturated rings. The molecule has 3 rings (SSSR count). The molecule has 0 atom stereocenters. The third-order valence-corrected chi connectivity index (χ3v) is 4.54. The quantitative estimate of drug-likeness (QED) is 0.455. The number of carbonyl (C=O) groups is 1. The number of aromatic nitrogens is 2. The maximum Gasteiger partial charge on any atom is 0.273 e. The average Bonchev–Trinajstić information content (AvgIpc) is 2.94. The summed E-state index contributed by atoms with van der Waals surface area (Å²) in [7, 11) is 1.74. The number of nitro groups is 1. The van der Waals surface area contributed by atoms with Crippen molar-refractivity contribution < 1.29 is 14.5 Å². The van der Waals surface area contributed by atoms with Gasteiger partial charge in [-0.3, -0.25) is 19.6 Å². The molecule has 0 aliphatic rings. The standard InChI is InChI=1S/C19H17BrN4O4/c1-12-18(13-6-8-14(20)9-7-13)19(23(2)22-12)21-17(25)11-28-16-5-3-4-15(10-16)24(26)27/h3-10H,11H2,1-2H3,(H,21,25). The van der Waals surface area contributed by atoms with E-state index in [-0.39, 0.29) is 18.0 Å². The molecule has 144 valence electrons. The summed E-state index contributed by atoms with van der Waals surface area (Å²) >= 11 is 3.41. The van der Waals surface area contributed by atoms with E-state index in [0.717, 1.165) is 21.3 Å². The van der Waals surface area contributed by atoms with E-state index in [1.165, 1.54) is 18.2 Å². The fourth-order valence-electron chi connectivity index (χ4n) is 2.77. The summed E-state index contributed by atoms with van der Waals surface area (Å²) in [5.41, 5.74) is 2.42. The van der Waals surface area contributed by atoms with Crippen LogP contribution in [0.4, 0.5) is 11.5 Å². The topological polar surface area (TPSA) is 99.3 Å². The first-order chi connectivity index (χ1) is 13.3. The predicted octanol–water partition coefficient (Wildman–Crippen LogP) is 4.08. The van der Waals surface area contributed by atoms with Gasteiger partial charge in [0.15, 0.2) is 6.61 Å². The molecule has 1 amide bonds. The summed E-state index contributed by atoms with van der Waals surface area (Å²) in [6.45, 7) is 1.58. The number of benzene rings is 2. The number of halogens is 1. The fraction of sp³-hybridized carbons (Fsp3) is 0.158. The Kier molecular flexibility index (Phi) is 5.74. The number of nitrogens with zero attached hydrogens (tertiary/aromatic N) is 3. The van der Waals surface area contributed by atoms with Crippen LogP contribution in [0, 0.1) is 17.0 Å². The van der Waals surface area contributed by atoms with E-state index in [2.05, 4.69) is 26.3 Å². The molecule has 0 bridgehead atoms. The molecule has 0 saturated heterocycles. The summed E-state index contributed by atoms with van der Waals surface area (Å²) in [6.07, 6.45) is 0. The van der Waals surface area contributed by atoms with E-state index >= 15 is 0 Å². The molecular formula is C19H17BrN4O4. The Hall–Kier alpha value is -3.20. The number of non-ortho nitro benzene ring substituents is 1. The number of ether oxygens (including phenoxy) is 1. The molecule has 1 aromatic heterocycles. The predicted molar refractivity (Wildman–Crippen MR) is 108 cm³/mol. The minimum atomic E-state index is -0.518. The van der Waals surface area contributed by atoms with Crippen LogP contribution in [0.3, 0.4) is 0 Å². The Balaban J connectivity index is 1.75. The molecule has 0 unspecified atom stereocenters. The minimum Gasteiger partial charge on any atom is -0.484 e. The van der Waals surface area contributed by atoms with Crippen LogP contribution in [-0.2, 0) is 11.8 Å². The van der Waals surface area contributed by atoms with Crippen LogP contribution >= 0.6 is 15.9 Å². The highest BCUT2D eigenvalue weighted by Crippen LogP contribution is 2.31. The van der Waals surface area contributed by atoms with Crippen LogP contribution in [-0.4, -0.2) is 27.2 Å². The lowest BCUT2D eigenvalue weighted by molar-refractivity contribution is -0.384. The number of carbonyl (C=O) groups excluding carboxylic acids is 1. The molecule has 0 aliphatic heterocycles. The molecular weight excluding hydrogens is 428 g/mol. The molecule has 0 saturated carbocycles. The molecule has 3 aromatic rings. The summed E-state index contributed by atoms with van der Waals surface area (Å²) in [6, 6.07) is 13.4. The lowest BCUT2D eigenvalue weighted by atomic mass is 10.1. The normalized spacial score (nSPS) is 10.5. The number of nitrogens with one attached hydrogen (secondary N) is 1. The number of amides is 1. The van der Waals surface area contributed by atoms with E-state index in [0.29, 0.717) is 5.82 Å². The van der Waals surface area contributed by atoms with Gasteiger partial charge < -0.3 is 10.1 Å². The largest absolute Gasteiger partial charge is 0.484 e. The van der Waals surface area contributed by atoms with Crippen molar-refractivity contribution in [2.75, 3.05) is 11.9 Å². The summed E-state index contributed by atoms with van der Waals surface area (Å²) in [5.74, 6) is 0.402. The van der Waals surface area contributed by atoms with Gasteiger partial charge in [-0.15, -0.1) is 0 Å². The second-order valence-corrected chi connectivity index (χ2v) is 6.95. The van der Waals surface area contributed by atoms with Gasteiger partial charge in [-0.25, -0.2) is 0 Å². The van der Waals surface area contributed by atoms with Crippen LogP contribution in [0.1, 0.15) is 5.69 Å². The van der Waals surface area contributed by atoms with Crippen LogP contribution in [0.5, 0.6) is 5.75 Å². The maximum absolute atomic E-state index is 12.4. The highest BCUT2D eigenvalue weighted by molar-refractivity contribution is 9.10. The van der Waals surface area contributed by atoms with Crippen molar-refractivity contribution in [3.8, 4) is 16.9 Å². The number of hydrogen-bond donors (Lipinski definition) is 1. The molecule has 0 radical (unpaired) electrons. The molecule has 1 heterocycles. The van der Waals surface area contributed by atoms with Crippen molar-refractivity contribution in [1.82, 2.24) is 9.78 Å². The molecule has 0 spiro atoms. The Morgan fingerprint density at radius 2 is 2.00 bits per heavy atom. The lowest BCUT2D eigenvalue weighted by Crippen LogP contribution is -2.22. The van der Waals surface area contributed by atoms with Crippen LogP contribution in [0.25, 0.3) is 11.1 Å². The van der Waals surface area contributed by atoms with Gasteiger partial charge in [-0.1, -0.05) is 34.1 Å². The summed E-state index contributed by atoms with van der Waals surface area (Å²) in [4.78, 5) is 22.7. The van der Waals surface area contributed by atoms with Crippen LogP contribution < -0.4 is 10.1 Å². The van der Waals surface area contributed by atoms with Crippen molar-refractivity contribution in [2.45, 2.75) is 6.92 Å². The van der Waals surface area contributed by atoms with Gasteiger partial charge in [-0.05, 0) is 30.7 Å². The van der Waals surface area contributed by atoms with Gasteiger partial charge in [0.1, 0.15) is 11.6 Å². The Morgan fingerprint density at radius 3 is 2.68 bits per heavy atom. The van der Waals surface area contributed by atoms with Crippen molar-refractivity contribution >= 4 is 33.3 Å². The molecule has 28 heavy (non-hydrogen) atoms. The van der Waals surface area contributed by atoms with Gasteiger partial charge in [0.2, 0.25) is 0 Å². The summed E-state index contributed by atoms with van der Waals surface area (Å²) < 4.78 is 7.93. The Morgan fingerprint density at radius 1 is 1.29 bits per heavy atom. The zero-order chi connectivity index (χ0) is 20.3. The third-order valence-electron chi connectivity index (χ3n) is 4.01. The van der Waals surface area contributed by atoms with Crippen LogP contribution in [0.2, 0.25) is 0 Å². The van der Waals surface area contributed by atoms with Gasteiger partial charge in [-0.2, -0.15) is 5.10 Å². The number of hydrogen-bond acceptors (Lipinski definition) is 5. The SMILES string of the molecule is Cc1nn(C)c(NC(=O)COc2cccc([N+](=O)[O-])c2)c1-c1ccc(Br)cc1. The average molecular weight is 445 g/mol. The molecule has 0 aliphatic carbocycles. The fourth-order valence-corrected chi connectivity index (χ4v) is 3.03. The molecule has 8 nitrogen and oxygen atoms in total. The van der Waals surface area contributed by atoms with E-state index in [9.17, 15) is 14.9 Å². The molecule has 2 aromatic carbocycles. The van der Waals surface area contributed by atoms with Gasteiger partial charge >= 0.3 is 0 Å². The monoisotopic (exact) mass is 444 g/mol. The van der Waals surface area contributed by atoms with Gasteiger partial charge in [0.05, 0.1) is 16.7 Å². The number of anilines is 1. The smallest absolute Gasteiger partial charge is 0.273 e. The third kappa shape index (κ3) is 4.37. The van der Waals surface area contributed by atoms with Crippen molar-refractivity contribution in [1.29, 1.82) is 0 Å². The van der Waals surface area contributed by atoms with Crippen molar-refractivity contribution in [3.63, 3.8) is 0 Å². The van der Waals surface area contributed by atoms with Crippen molar-refractivity contribution in [3.05, 3.63) is 68.8 Å². The summed E-state index contributed by atoms with van der Waals surface area (Å²) in [5, 5.41) is 18.0. The minimum absolute atomic E-state index is 0.0994. The highest BCUT2D eigenvalue weighted by Gasteiger charge is 2.18. The zero-order valence-corrected chi connectivity index (χ0v) is 16.8. The van der Waals surface area contributed by atoms with Crippen LogP contribution in [0.15, 0.2) is 53.0 Å². The first kappa shape index (κ1) is 19.6. The number of nitro benzene ring substituents is 1. The number of aryl methyl sites for hydroxylation is 2.